The molecule has 0 heterocycles. The van der Waals surface area contributed by atoms with Crippen LogP contribution in [-0.4, -0.2) is 32.8 Å². The van der Waals surface area contributed by atoms with E-state index in [-0.39, 0.29) is 17.5 Å². The Balaban J connectivity index is 1.72. The average molecular weight is 364 g/mol. The number of ether oxygens (including phenoxy) is 2. The molecule has 0 bridgehead atoms. The number of nitrogens with one attached hydrogen (secondary N) is 2. The minimum absolute atomic E-state index is 0.0159. The highest BCUT2D eigenvalue weighted by atomic mass is 19.3. The highest BCUT2D eigenvalue weighted by molar-refractivity contribution is 5.73. The van der Waals surface area contributed by atoms with Crippen molar-refractivity contribution < 1.29 is 23.0 Å². The van der Waals surface area contributed by atoms with Crippen molar-refractivity contribution in [3.05, 3.63) is 59.7 Å². The number of urea groups is 1. The Morgan fingerprint density at radius 2 is 1.62 bits per heavy atom. The number of benzene rings is 2. The SMILES string of the molecule is COc1cc(CCNC(=O)NCCc2ccccc2)ccc1OC(F)F. The van der Waals surface area contributed by atoms with Crippen molar-refractivity contribution in [2.24, 2.45) is 0 Å². The predicted octanol–water partition coefficient (Wildman–Crippen LogP) is 3.38. The summed E-state index contributed by atoms with van der Waals surface area (Å²) in [4.78, 5) is 11.8. The van der Waals surface area contributed by atoms with E-state index in [4.69, 9.17) is 4.74 Å². The molecule has 0 fully saturated rings. The van der Waals surface area contributed by atoms with Crippen LogP contribution in [0.1, 0.15) is 11.1 Å². The molecule has 0 unspecified atom stereocenters. The van der Waals surface area contributed by atoms with Gasteiger partial charge in [-0.05, 0) is 36.1 Å². The van der Waals surface area contributed by atoms with Crippen molar-refractivity contribution in [1.29, 1.82) is 0 Å². The third kappa shape index (κ3) is 6.58. The van der Waals surface area contributed by atoms with Crippen molar-refractivity contribution >= 4 is 6.03 Å². The molecule has 5 nitrogen and oxygen atoms in total. The van der Waals surface area contributed by atoms with Crippen LogP contribution in [0.5, 0.6) is 11.5 Å². The molecule has 0 aliphatic rings. The summed E-state index contributed by atoms with van der Waals surface area (Å²) in [6.45, 7) is -1.95. The molecule has 0 aromatic heterocycles. The van der Waals surface area contributed by atoms with Gasteiger partial charge in [0.1, 0.15) is 0 Å². The van der Waals surface area contributed by atoms with Crippen molar-refractivity contribution in [2.75, 3.05) is 20.2 Å². The quantitative estimate of drug-likeness (QED) is 0.717. The minimum Gasteiger partial charge on any atom is -0.493 e. The van der Waals surface area contributed by atoms with Crippen LogP contribution in [-0.2, 0) is 12.8 Å². The van der Waals surface area contributed by atoms with E-state index >= 15 is 0 Å². The van der Waals surface area contributed by atoms with E-state index in [2.05, 4.69) is 15.4 Å². The van der Waals surface area contributed by atoms with E-state index in [0.717, 1.165) is 17.5 Å². The van der Waals surface area contributed by atoms with Crippen LogP contribution in [0.4, 0.5) is 13.6 Å². The summed E-state index contributed by atoms with van der Waals surface area (Å²) in [6, 6.07) is 14.4. The van der Waals surface area contributed by atoms with Gasteiger partial charge in [-0.1, -0.05) is 36.4 Å². The zero-order valence-electron chi connectivity index (χ0n) is 14.5. The minimum atomic E-state index is -2.91. The van der Waals surface area contributed by atoms with Gasteiger partial charge < -0.3 is 20.1 Å². The summed E-state index contributed by atoms with van der Waals surface area (Å²) in [7, 11) is 1.38. The molecule has 2 aromatic rings. The largest absolute Gasteiger partial charge is 0.493 e. The molecule has 7 heteroatoms. The lowest BCUT2D eigenvalue weighted by Crippen LogP contribution is -2.37. The lowest BCUT2D eigenvalue weighted by atomic mass is 10.1. The van der Waals surface area contributed by atoms with E-state index in [0.29, 0.717) is 19.5 Å². The first-order valence-corrected chi connectivity index (χ1v) is 8.26. The number of carbonyl (C=O) groups is 1. The van der Waals surface area contributed by atoms with Crippen LogP contribution in [0, 0.1) is 0 Å². The van der Waals surface area contributed by atoms with Gasteiger partial charge in [0, 0.05) is 13.1 Å². The van der Waals surface area contributed by atoms with E-state index in [1.54, 1.807) is 12.1 Å². The van der Waals surface area contributed by atoms with E-state index in [1.165, 1.54) is 13.2 Å². The molecule has 0 aliphatic heterocycles. The summed E-state index contributed by atoms with van der Waals surface area (Å²) >= 11 is 0. The van der Waals surface area contributed by atoms with Gasteiger partial charge in [0.2, 0.25) is 0 Å². The van der Waals surface area contributed by atoms with Gasteiger partial charge in [0.05, 0.1) is 7.11 Å². The van der Waals surface area contributed by atoms with Crippen molar-refractivity contribution in [3.8, 4) is 11.5 Å². The Bertz CT molecular complexity index is 696. The normalized spacial score (nSPS) is 10.5. The summed E-state index contributed by atoms with van der Waals surface area (Å²) in [5, 5.41) is 5.55. The Morgan fingerprint density at radius 1 is 0.962 bits per heavy atom. The molecule has 2 aromatic carbocycles. The highest BCUT2D eigenvalue weighted by Gasteiger charge is 2.11. The molecule has 0 saturated heterocycles. The first kappa shape index (κ1) is 19.5. The maximum absolute atomic E-state index is 12.3. The Morgan fingerprint density at radius 3 is 2.23 bits per heavy atom. The molecular formula is C19H22F2N2O3. The molecule has 0 atom stereocenters. The second-order valence-corrected chi connectivity index (χ2v) is 5.53. The fourth-order valence-electron chi connectivity index (χ4n) is 2.41. The number of hydrogen-bond donors (Lipinski definition) is 2. The molecule has 140 valence electrons. The van der Waals surface area contributed by atoms with Crippen LogP contribution < -0.4 is 20.1 Å². The van der Waals surface area contributed by atoms with Gasteiger partial charge in [0.15, 0.2) is 11.5 Å². The molecule has 0 aliphatic carbocycles. The van der Waals surface area contributed by atoms with Gasteiger partial charge >= 0.3 is 12.6 Å². The summed E-state index contributed by atoms with van der Waals surface area (Å²) in [6.07, 6.45) is 1.30. The van der Waals surface area contributed by atoms with Crippen LogP contribution in [0.15, 0.2) is 48.5 Å². The fourth-order valence-corrected chi connectivity index (χ4v) is 2.41. The molecular weight excluding hydrogens is 342 g/mol. The van der Waals surface area contributed by atoms with Crippen LogP contribution >= 0.6 is 0 Å². The molecule has 2 N–H and O–H groups in total. The first-order chi connectivity index (χ1) is 12.6. The number of alkyl halides is 2. The molecule has 0 spiro atoms. The molecule has 0 radical (unpaired) electrons. The fraction of sp³-hybridized carbons (Fsp3) is 0.316. The number of hydrogen-bond acceptors (Lipinski definition) is 3. The molecule has 0 saturated carbocycles. The van der Waals surface area contributed by atoms with Crippen molar-refractivity contribution in [2.45, 2.75) is 19.5 Å². The average Bonchev–Trinajstić information content (AvgIpc) is 2.63. The monoisotopic (exact) mass is 364 g/mol. The Labute approximate surface area is 151 Å². The summed E-state index contributed by atoms with van der Waals surface area (Å²) in [5.74, 6) is 0.216. The van der Waals surface area contributed by atoms with E-state index in [1.807, 2.05) is 30.3 Å². The van der Waals surface area contributed by atoms with Gasteiger partial charge in [-0.15, -0.1) is 0 Å². The third-order valence-electron chi connectivity index (χ3n) is 3.69. The topological polar surface area (TPSA) is 59.6 Å². The highest BCUT2D eigenvalue weighted by Crippen LogP contribution is 2.29. The van der Waals surface area contributed by atoms with Crippen LogP contribution in [0.25, 0.3) is 0 Å². The number of halogens is 2. The predicted molar refractivity (Wildman–Crippen MR) is 94.9 cm³/mol. The van der Waals surface area contributed by atoms with Crippen LogP contribution in [0.2, 0.25) is 0 Å². The molecule has 26 heavy (non-hydrogen) atoms. The second kappa shape index (κ2) is 10.2. The van der Waals surface area contributed by atoms with Gasteiger partial charge in [-0.25, -0.2) is 4.79 Å². The van der Waals surface area contributed by atoms with Gasteiger partial charge in [-0.2, -0.15) is 8.78 Å². The van der Waals surface area contributed by atoms with Crippen molar-refractivity contribution in [1.82, 2.24) is 10.6 Å². The maximum Gasteiger partial charge on any atom is 0.387 e. The zero-order chi connectivity index (χ0) is 18.8. The molecule has 2 rings (SSSR count). The first-order valence-electron chi connectivity index (χ1n) is 8.26. The van der Waals surface area contributed by atoms with E-state index in [9.17, 15) is 13.6 Å². The van der Waals surface area contributed by atoms with Gasteiger partial charge in [-0.3, -0.25) is 0 Å². The van der Waals surface area contributed by atoms with Gasteiger partial charge in [0.25, 0.3) is 0 Å². The van der Waals surface area contributed by atoms with E-state index < -0.39 is 6.61 Å². The third-order valence-corrected chi connectivity index (χ3v) is 3.69. The number of rotatable bonds is 9. The number of amides is 2. The Kier molecular flexibility index (Phi) is 7.67. The Hall–Kier alpha value is -2.83. The summed E-state index contributed by atoms with van der Waals surface area (Å²) < 4.78 is 34.0. The zero-order valence-corrected chi connectivity index (χ0v) is 14.5. The lowest BCUT2D eigenvalue weighted by Gasteiger charge is -2.12. The second-order valence-electron chi connectivity index (χ2n) is 5.53. The smallest absolute Gasteiger partial charge is 0.387 e. The maximum atomic E-state index is 12.3. The lowest BCUT2D eigenvalue weighted by molar-refractivity contribution is -0.0512. The molecule has 2 amide bonds. The van der Waals surface area contributed by atoms with Crippen molar-refractivity contribution in [3.63, 3.8) is 0 Å². The summed E-state index contributed by atoms with van der Waals surface area (Å²) in [5.41, 5.74) is 2.00. The number of carbonyl (C=O) groups excluding carboxylic acids is 1. The number of methoxy groups -OCH3 is 1. The van der Waals surface area contributed by atoms with Crippen LogP contribution in [0.3, 0.4) is 0 Å². The standard InChI is InChI=1S/C19H22F2N2O3/c1-25-17-13-15(7-8-16(17)26-18(20)21)10-12-23-19(24)22-11-9-14-5-3-2-4-6-14/h2-8,13,18H,9-12H2,1H3,(H2,22,23,24).